The van der Waals surface area contributed by atoms with Crippen LogP contribution in [-0.2, 0) is 6.54 Å². The van der Waals surface area contributed by atoms with Gasteiger partial charge >= 0.3 is 0 Å². The normalized spacial score (nSPS) is 10.4. The van der Waals surface area contributed by atoms with Gasteiger partial charge < -0.3 is 14.3 Å². The van der Waals surface area contributed by atoms with Crippen molar-refractivity contribution in [2.75, 3.05) is 0 Å². The summed E-state index contributed by atoms with van der Waals surface area (Å²) in [5.74, 6) is 0.105. The molecular weight excluding hydrogens is 254 g/mol. The Kier molecular flexibility index (Phi) is 3.33. The highest BCUT2D eigenvalue weighted by atomic mass is 16.3. The minimum Gasteiger partial charge on any atom is -0.459 e. The third kappa shape index (κ3) is 2.61. The van der Waals surface area contributed by atoms with Crippen molar-refractivity contribution in [1.82, 2.24) is 14.9 Å². The number of benzene rings is 1. The Morgan fingerprint density at radius 3 is 2.75 bits per heavy atom. The van der Waals surface area contributed by atoms with Gasteiger partial charge in [0.25, 0.3) is 5.91 Å². The number of nitrogens with one attached hydrogen (secondary N) is 1. The molecule has 1 amide bonds. The molecule has 0 aliphatic heterocycles. The van der Waals surface area contributed by atoms with Gasteiger partial charge in [-0.25, -0.2) is 4.98 Å². The second-order valence-corrected chi connectivity index (χ2v) is 4.30. The summed E-state index contributed by atoms with van der Waals surface area (Å²) in [7, 11) is 0. The molecule has 0 fully saturated rings. The molecule has 0 radical (unpaired) electrons. The molecule has 0 atom stereocenters. The minimum absolute atomic E-state index is 0.214. The fraction of sp³-hybridized carbons (Fsp3) is 0.0667. The van der Waals surface area contributed by atoms with Crippen LogP contribution in [0.3, 0.4) is 0 Å². The molecule has 0 unspecified atom stereocenters. The van der Waals surface area contributed by atoms with Gasteiger partial charge in [-0.15, -0.1) is 0 Å². The van der Waals surface area contributed by atoms with E-state index in [9.17, 15) is 4.79 Å². The van der Waals surface area contributed by atoms with Crippen molar-refractivity contribution in [3.8, 4) is 5.69 Å². The van der Waals surface area contributed by atoms with Gasteiger partial charge in [-0.3, -0.25) is 4.79 Å². The molecule has 100 valence electrons. The van der Waals surface area contributed by atoms with Crippen LogP contribution in [0, 0.1) is 0 Å². The molecular formula is C15H13N3O2. The van der Waals surface area contributed by atoms with E-state index in [1.807, 2.05) is 35.0 Å². The van der Waals surface area contributed by atoms with Gasteiger partial charge in [-0.2, -0.15) is 0 Å². The number of nitrogens with zero attached hydrogens (tertiary/aromatic N) is 2. The maximum atomic E-state index is 11.7. The molecule has 3 aromatic rings. The summed E-state index contributed by atoms with van der Waals surface area (Å²) in [6.45, 7) is 0.462. The predicted octanol–water partition coefficient (Wildman–Crippen LogP) is 2.40. The maximum Gasteiger partial charge on any atom is 0.287 e. The van der Waals surface area contributed by atoms with E-state index in [-0.39, 0.29) is 5.91 Å². The van der Waals surface area contributed by atoms with Crippen LogP contribution >= 0.6 is 0 Å². The van der Waals surface area contributed by atoms with Crippen LogP contribution in [0.1, 0.15) is 16.1 Å². The minimum atomic E-state index is -0.214. The van der Waals surface area contributed by atoms with Gasteiger partial charge in [0.2, 0.25) is 0 Å². The molecule has 0 saturated carbocycles. The smallest absolute Gasteiger partial charge is 0.287 e. The number of carbonyl (C=O) groups excluding carboxylic acids is 1. The third-order valence-corrected chi connectivity index (χ3v) is 2.94. The summed E-state index contributed by atoms with van der Waals surface area (Å²) in [4.78, 5) is 15.7. The van der Waals surface area contributed by atoms with Crippen LogP contribution in [-0.4, -0.2) is 15.5 Å². The molecule has 1 aromatic carbocycles. The topological polar surface area (TPSA) is 60.1 Å². The first-order valence-corrected chi connectivity index (χ1v) is 6.22. The first-order chi connectivity index (χ1) is 9.83. The van der Waals surface area contributed by atoms with E-state index in [0.717, 1.165) is 11.3 Å². The molecule has 2 heterocycles. The molecule has 0 aliphatic carbocycles. The van der Waals surface area contributed by atoms with E-state index in [1.54, 1.807) is 24.7 Å². The lowest BCUT2D eigenvalue weighted by Gasteiger charge is -2.06. The van der Waals surface area contributed by atoms with E-state index >= 15 is 0 Å². The van der Waals surface area contributed by atoms with Gasteiger partial charge in [0, 0.05) is 24.6 Å². The van der Waals surface area contributed by atoms with Gasteiger partial charge in [0.15, 0.2) is 5.76 Å². The molecule has 5 nitrogen and oxygen atoms in total. The lowest BCUT2D eigenvalue weighted by molar-refractivity contribution is 0.0923. The summed E-state index contributed by atoms with van der Waals surface area (Å²) < 4.78 is 6.95. The summed E-state index contributed by atoms with van der Waals surface area (Å²) in [5.41, 5.74) is 2.05. The Morgan fingerprint density at radius 2 is 2.10 bits per heavy atom. The van der Waals surface area contributed by atoms with E-state index in [1.165, 1.54) is 6.26 Å². The van der Waals surface area contributed by atoms with E-state index in [4.69, 9.17) is 4.42 Å². The predicted molar refractivity (Wildman–Crippen MR) is 73.4 cm³/mol. The molecule has 0 spiro atoms. The molecule has 1 N–H and O–H groups in total. The molecule has 2 aromatic heterocycles. The average Bonchev–Trinajstić information content (AvgIpc) is 3.18. The summed E-state index contributed by atoms with van der Waals surface area (Å²) in [5, 5.41) is 2.80. The number of rotatable bonds is 4. The maximum absolute atomic E-state index is 11.7. The average molecular weight is 267 g/mol. The zero-order valence-electron chi connectivity index (χ0n) is 10.7. The number of imidazole rings is 1. The molecule has 20 heavy (non-hydrogen) atoms. The van der Waals surface area contributed by atoms with Crippen molar-refractivity contribution in [3.05, 3.63) is 72.7 Å². The number of hydrogen-bond donors (Lipinski definition) is 1. The Balaban J connectivity index is 1.63. The summed E-state index contributed by atoms with van der Waals surface area (Å²) in [6.07, 6.45) is 6.84. The van der Waals surface area contributed by atoms with Crippen molar-refractivity contribution >= 4 is 5.91 Å². The molecule has 0 saturated heterocycles. The van der Waals surface area contributed by atoms with Crippen molar-refractivity contribution in [2.45, 2.75) is 6.54 Å². The highest BCUT2D eigenvalue weighted by Gasteiger charge is 2.07. The van der Waals surface area contributed by atoms with Crippen LogP contribution < -0.4 is 5.32 Å². The standard InChI is InChI=1S/C15H13N3O2/c19-15(14-2-1-9-20-14)17-10-12-3-5-13(6-4-12)18-8-7-16-11-18/h1-9,11H,10H2,(H,17,19). The monoisotopic (exact) mass is 267 g/mol. The van der Waals surface area contributed by atoms with Crippen molar-refractivity contribution in [3.63, 3.8) is 0 Å². The summed E-state index contributed by atoms with van der Waals surface area (Å²) >= 11 is 0. The zero-order valence-corrected chi connectivity index (χ0v) is 10.7. The lowest BCUT2D eigenvalue weighted by Crippen LogP contribution is -2.22. The zero-order chi connectivity index (χ0) is 13.8. The quantitative estimate of drug-likeness (QED) is 0.789. The lowest BCUT2D eigenvalue weighted by atomic mass is 10.2. The number of aromatic nitrogens is 2. The van der Waals surface area contributed by atoms with Gasteiger partial charge in [-0.1, -0.05) is 12.1 Å². The molecule has 5 heteroatoms. The second-order valence-electron chi connectivity index (χ2n) is 4.30. The third-order valence-electron chi connectivity index (χ3n) is 2.94. The van der Waals surface area contributed by atoms with Gasteiger partial charge in [-0.05, 0) is 29.8 Å². The van der Waals surface area contributed by atoms with Crippen molar-refractivity contribution < 1.29 is 9.21 Å². The van der Waals surface area contributed by atoms with Crippen LogP contribution in [0.15, 0.2) is 65.8 Å². The highest BCUT2D eigenvalue weighted by Crippen LogP contribution is 2.09. The van der Waals surface area contributed by atoms with Crippen LogP contribution in [0.2, 0.25) is 0 Å². The number of amides is 1. The van der Waals surface area contributed by atoms with E-state index in [0.29, 0.717) is 12.3 Å². The van der Waals surface area contributed by atoms with Crippen LogP contribution in [0.5, 0.6) is 0 Å². The van der Waals surface area contributed by atoms with Crippen molar-refractivity contribution in [2.24, 2.45) is 0 Å². The second kappa shape index (κ2) is 5.44. The molecule has 3 rings (SSSR count). The molecule has 0 aliphatic rings. The number of carbonyl (C=O) groups is 1. The Morgan fingerprint density at radius 1 is 1.25 bits per heavy atom. The number of hydrogen-bond acceptors (Lipinski definition) is 3. The Labute approximate surface area is 115 Å². The van der Waals surface area contributed by atoms with Gasteiger partial charge in [0.05, 0.1) is 12.6 Å². The highest BCUT2D eigenvalue weighted by molar-refractivity contribution is 5.91. The fourth-order valence-corrected chi connectivity index (χ4v) is 1.87. The van der Waals surface area contributed by atoms with Gasteiger partial charge in [0.1, 0.15) is 0 Å². The SMILES string of the molecule is O=C(NCc1ccc(-n2ccnc2)cc1)c1ccco1. The van der Waals surface area contributed by atoms with Crippen LogP contribution in [0.4, 0.5) is 0 Å². The van der Waals surface area contributed by atoms with E-state index < -0.39 is 0 Å². The van der Waals surface area contributed by atoms with Crippen LogP contribution in [0.25, 0.3) is 5.69 Å². The largest absolute Gasteiger partial charge is 0.459 e. The first-order valence-electron chi connectivity index (χ1n) is 6.22. The summed E-state index contributed by atoms with van der Waals surface area (Å²) in [6, 6.07) is 11.2. The van der Waals surface area contributed by atoms with E-state index in [2.05, 4.69) is 10.3 Å². The fourth-order valence-electron chi connectivity index (χ4n) is 1.87. The first kappa shape index (κ1) is 12.2. The Hall–Kier alpha value is -2.82. The molecule has 0 bridgehead atoms. The number of furan rings is 1. The Bertz CT molecular complexity index is 671. The van der Waals surface area contributed by atoms with Crippen molar-refractivity contribution in [1.29, 1.82) is 0 Å².